The van der Waals surface area contributed by atoms with Crippen molar-refractivity contribution in [3.05, 3.63) is 34.3 Å². The fourth-order valence-corrected chi connectivity index (χ4v) is 2.37. The molecular formula is C13H18BrNO. The van der Waals surface area contributed by atoms with Gasteiger partial charge in [-0.05, 0) is 30.7 Å². The van der Waals surface area contributed by atoms with E-state index in [1.165, 1.54) is 18.5 Å². The highest BCUT2D eigenvalue weighted by Gasteiger charge is 2.20. The van der Waals surface area contributed by atoms with Crippen LogP contribution in [0.3, 0.4) is 0 Å². The van der Waals surface area contributed by atoms with Crippen LogP contribution >= 0.6 is 15.9 Å². The molecule has 1 fully saturated rings. The molecule has 1 atom stereocenters. The topological polar surface area (TPSA) is 12.5 Å². The number of hydrogen-bond donors (Lipinski definition) is 0. The lowest BCUT2D eigenvalue weighted by Crippen LogP contribution is -2.38. The van der Waals surface area contributed by atoms with Gasteiger partial charge in [0.1, 0.15) is 0 Å². The van der Waals surface area contributed by atoms with Gasteiger partial charge in [0.05, 0.1) is 12.7 Å². The molecule has 0 aliphatic carbocycles. The first-order valence-electron chi connectivity index (χ1n) is 5.89. The minimum atomic E-state index is 0.244. The molecule has 1 heterocycles. The average molecular weight is 284 g/mol. The van der Waals surface area contributed by atoms with Crippen LogP contribution in [0.5, 0.6) is 0 Å². The van der Waals surface area contributed by atoms with Crippen molar-refractivity contribution >= 4 is 15.9 Å². The van der Waals surface area contributed by atoms with Gasteiger partial charge in [-0.1, -0.05) is 35.0 Å². The fourth-order valence-electron chi connectivity index (χ4n) is 2.10. The highest BCUT2D eigenvalue weighted by molar-refractivity contribution is 9.10. The fraction of sp³-hybridized carbons (Fsp3) is 0.538. The number of morpholine rings is 1. The molecule has 0 radical (unpaired) electrons. The Balaban J connectivity index is 2.01. The van der Waals surface area contributed by atoms with E-state index in [9.17, 15) is 0 Å². The van der Waals surface area contributed by atoms with Gasteiger partial charge in [0.2, 0.25) is 0 Å². The highest BCUT2D eigenvalue weighted by atomic mass is 79.9. The summed E-state index contributed by atoms with van der Waals surface area (Å²) in [6, 6.07) is 8.45. The van der Waals surface area contributed by atoms with E-state index >= 15 is 0 Å². The molecule has 1 saturated heterocycles. The van der Waals surface area contributed by atoms with Crippen molar-refractivity contribution in [2.45, 2.75) is 19.4 Å². The van der Waals surface area contributed by atoms with Crippen LogP contribution in [-0.4, -0.2) is 31.1 Å². The number of benzene rings is 1. The van der Waals surface area contributed by atoms with Gasteiger partial charge in [0.25, 0.3) is 0 Å². The first kappa shape index (κ1) is 12.1. The van der Waals surface area contributed by atoms with E-state index in [4.69, 9.17) is 4.74 Å². The predicted molar refractivity (Wildman–Crippen MR) is 69.6 cm³/mol. The standard InChI is InChI=1S/C13H18BrNO/c1-2-7-15-8-9-16-13(10-15)11-3-5-12(14)6-4-11/h3-6,13H,2,7-10H2,1H3. The van der Waals surface area contributed by atoms with Gasteiger partial charge in [-0.2, -0.15) is 0 Å². The molecule has 1 unspecified atom stereocenters. The van der Waals surface area contributed by atoms with E-state index in [1.807, 2.05) is 0 Å². The molecule has 0 N–H and O–H groups in total. The van der Waals surface area contributed by atoms with E-state index in [2.05, 4.69) is 52.0 Å². The second kappa shape index (κ2) is 5.80. The Morgan fingerprint density at radius 2 is 2.12 bits per heavy atom. The molecule has 2 nitrogen and oxygen atoms in total. The smallest absolute Gasteiger partial charge is 0.0952 e. The number of nitrogens with zero attached hydrogens (tertiary/aromatic N) is 1. The van der Waals surface area contributed by atoms with E-state index < -0.39 is 0 Å². The van der Waals surface area contributed by atoms with Crippen LogP contribution in [0.4, 0.5) is 0 Å². The number of halogens is 1. The summed E-state index contributed by atoms with van der Waals surface area (Å²) in [6.07, 6.45) is 1.46. The average Bonchev–Trinajstić information content (AvgIpc) is 2.31. The molecule has 1 aliphatic rings. The Morgan fingerprint density at radius 3 is 2.81 bits per heavy atom. The lowest BCUT2D eigenvalue weighted by Gasteiger charge is -2.32. The van der Waals surface area contributed by atoms with Crippen molar-refractivity contribution in [1.82, 2.24) is 4.90 Å². The van der Waals surface area contributed by atoms with Crippen molar-refractivity contribution in [2.75, 3.05) is 26.2 Å². The monoisotopic (exact) mass is 283 g/mol. The third-order valence-electron chi connectivity index (χ3n) is 2.93. The minimum Gasteiger partial charge on any atom is -0.371 e. The van der Waals surface area contributed by atoms with E-state index in [0.717, 1.165) is 24.2 Å². The third kappa shape index (κ3) is 3.06. The maximum Gasteiger partial charge on any atom is 0.0952 e. The minimum absolute atomic E-state index is 0.244. The third-order valence-corrected chi connectivity index (χ3v) is 3.46. The maximum atomic E-state index is 5.82. The largest absolute Gasteiger partial charge is 0.371 e. The van der Waals surface area contributed by atoms with Crippen LogP contribution in [0.25, 0.3) is 0 Å². The molecule has 1 aromatic rings. The van der Waals surface area contributed by atoms with Crippen molar-refractivity contribution < 1.29 is 4.74 Å². The molecule has 1 aromatic carbocycles. The summed E-state index contributed by atoms with van der Waals surface area (Å²) in [4.78, 5) is 2.48. The summed E-state index contributed by atoms with van der Waals surface area (Å²) in [7, 11) is 0. The zero-order chi connectivity index (χ0) is 11.4. The number of ether oxygens (including phenoxy) is 1. The summed E-state index contributed by atoms with van der Waals surface area (Å²) >= 11 is 3.45. The maximum absolute atomic E-state index is 5.82. The number of rotatable bonds is 3. The van der Waals surface area contributed by atoms with E-state index in [1.54, 1.807) is 0 Å². The molecule has 0 aromatic heterocycles. The van der Waals surface area contributed by atoms with Gasteiger partial charge in [-0.25, -0.2) is 0 Å². The Hall–Kier alpha value is -0.380. The molecule has 16 heavy (non-hydrogen) atoms. The SMILES string of the molecule is CCCN1CCOC(c2ccc(Br)cc2)C1. The van der Waals surface area contributed by atoms with Crippen molar-refractivity contribution in [2.24, 2.45) is 0 Å². The number of hydrogen-bond acceptors (Lipinski definition) is 2. The Bertz CT molecular complexity index is 323. The molecule has 3 heteroatoms. The lowest BCUT2D eigenvalue weighted by atomic mass is 10.1. The molecular weight excluding hydrogens is 266 g/mol. The van der Waals surface area contributed by atoms with Crippen LogP contribution in [0.1, 0.15) is 25.0 Å². The molecule has 1 aliphatic heterocycles. The lowest BCUT2D eigenvalue weighted by molar-refractivity contribution is -0.0298. The normalized spacial score (nSPS) is 22.2. The Kier molecular flexibility index (Phi) is 4.38. The van der Waals surface area contributed by atoms with Crippen molar-refractivity contribution in [3.63, 3.8) is 0 Å². The van der Waals surface area contributed by atoms with Gasteiger partial charge in [-0.3, -0.25) is 4.90 Å². The summed E-state index contributed by atoms with van der Waals surface area (Å²) in [5.74, 6) is 0. The van der Waals surface area contributed by atoms with Crippen LogP contribution in [0.2, 0.25) is 0 Å². The summed E-state index contributed by atoms with van der Waals surface area (Å²) in [5.41, 5.74) is 1.28. The molecule has 0 spiro atoms. The van der Waals surface area contributed by atoms with Gasteiger partial charge >= 0.3 is 0 Å². The van der Waals surface area contributed by atoms with Gasteiger partial charge in [0.15, 0.2) is 0 Å². The van der Waals surface area contributed by atoms with Gasteiger partial charge < -0.3 is 4.74 Å². The summed E-state index contributed by atoms with van der Waals surface area (Å²) in [5, 5.41) is 0. The van der Waals surface area contributed by atoms with Crippen molar-refractivity contribution in [1.29, 1.82) is 0 Å². The second-order valence-corrected chi connectivity index (χ2v) is 5.13. The van der Waals surface area contributed by atoms with Crippen LogP contribution in [0.15, 0.2) is 28.7 Å². The molecule has 0 bridgehead atoms. The highest BCUT2D eigenvalue weighted by Crippen LogP contribution is 2.23. The Labute approximate surface area is 106 Å². The first-order chi connectivity index (χ1) is 7.79. The van der Waals surface area contributed by atoms with Gasteiger partial charge in [-0.15, -0.1) is 0 Å². The molecule has 0 saturated carbocycles. The van der Waals surface area contributed by atoms with E-state index in [-0.39, 0.29) is 6.10 Å². The Morgan fingerprint density at radius 1 is 1.38 bits per heavy atom. The van der Waals surface area contributed by atoms with Crippen LogP contribution in [0, 0.1) is 0 Å². The second-order valence-electron chi connectivity index (χ2n) is 4.21. The summed E-state index contributed by atoms with van der Waals surface area (Å²) < 4.78 is 6.95. The van der Waals surface area contributed by atoms with Crippen LogP contribution < -0.4 is 0 Å². The molecule has 88 valence electrons. The zero-order valence-electron chi connectivity index (χ0n) is 9.66. The quantitative estimate of drug-likeness (QED) is 0.845. The predicted octanol–water partition coefficient (Wildman–Crippen LogP) is 3.23. The summed E-state index contributed by atoms with van der Waals surface area (Å²) in [6.45, 7) is 6.34. The molecule has 2 rings (SSSR count). The van der Waals surface area contributed by atoms with Crippen LogP contribution in [-0.2, 0) is 4.74 Å². The van der Waals surface area contributed by atoms with Gasteiger partial charge in [0, 0.05) is 17.6 Å². The zero-order valence-corrected chi connectivity index (χ0v) is 11.2. The van der Waals surface area contributed by atoms with Crippen molar-refractivity contribution in [3.8, 4) is 0 Å². The first-order valence-corrected chi connectivity index (χ1v) is 6.68. The van der Waals surface area contributed by atoms with E-state index in [0.29, 0.717) is 0 Å². The molecule has 0 amide bonds.